The van der Waals surface area contributed by atoms with Gasteiger partial charge < -0.3 is 9.84 Å². The Hall–Kier alpha value is -2.01. The Morgan fingerprint density at radius 1 is 1.26 bits per heavy atom. The molecule has 2 rings (SSSR count). The number of ether oxygens (including phenoxy) is 1. The molecule has 4 nitrogen and oxygen atoms in total. The molecule has 0 spiro atoms. The summed E-state index contributed by atoms with van der Waals surface area (Å²) in [5.41, 5.74) is 0.0639. The first-order valence-electron chi connectivity index (χ1n) is 5.76. The second kappa shape index (κ2) is 6.80. The van der Waals surface area contributed by atoms with Crippen LogP contribution in [0, 0.1) is 0 Å². The van der Waals surface area contributed by atoms with E-state index in [1.54, 1.807) is 23.9 Å². The van der Waals surface area contributed by atoms with E-state index in [4.69, 9.17) is 9.84 Å². The molecule has 0 radical (unpaired) electrons. The van der Waals surface area contributed by atoms with Crippen molar-refractivity contribution in [2.75, 3.05) is 12.4 Å². The normalized spacial score (nSPS) is 10.1. The summed E-state index contributed by atoms with van der Waals surface area (Å²) in [7, 11) is 0. The van der Waals surface area contributed by atoms with Crippen molar-refractivity contribution >= 4 is 17.7 Å². The highest BCUT2D eigenvalue weighted by Gasteiger charge is 2.05. The maximum Gasteiger partial charge on any atom is 0.354 e. The van der Waals surface area contributed by atoms with E-state index >= 15 is 0 Å². The van der Waals surface area contributed by atoms with Crippen LogP contribution in [0.3, 0.4) is 0 Å². The number of aromatic nitrogens is 1. The minimum Gasteiger partial charge on any atom is -0.493 e. The van der Waals surface area contributed by atoms with Gasteiger partial charge in [0.25, 0.3) is 0 Å². The van der Waals surface area contributed by atoms with Gasteiger partial charge in [-0.2, -0.15) is 0 Å². The zero-order chi connectivity index (χ0) is 13.5. The standard InChI is InChI=1S/C14H13NO3S/c16-14(17)13-10-12(6-7-15-13)19-9-8-18-11-4-2-1-3-5-11/h1-7,10H,8-9H2,(H,16,17). The maximum atomic E-state index is 10.8. The van der Waals surface area contributed by atoms with Crippen molar-refractivity contribution in [3.05, 3.63) is 54.4 Å². The van der Waals surface area contributed by atoms with Crippen LogP contribution >= 0.6 is 11.8 Å². The van der Waals surface area contributed by atoms with Crippen molar-refractivity contribution in [2.24, 2.45) is 0 Å². The predicted molar refractivity (Wildman–Crippen MR) is 73.9 cm³/mol. The molecule has 98 valence electrons. The van der Waals surface area contributed by atoms with Crippen LogP contribution in [0.15, 0.2) is 53.6 Å². The molecule has 0 fully saturated rings. The molecule has 0 unspecified atom stereocenters. The molecule has 0 aliphatic carbocycles. The molecule has 1 aromatic heterocycles. The van der Waals surface area contributed by atoms with Crippen molar-refractivity contribution in [2.45, 2.75) is 4.90 Å². The van der Waals surface area contributed by atoms with E-state index in [1.807, 2.05) is 30.3 Å². The second-order valence-electron chi connectivity index (χ2n) is 3.69. The molecule has 0 amide bonds. The highest BCUT2D eigenvalue weighted by molar-refractivity contribution is 7.99. The highest BCUT2D eigenvalue weighted by atomic mass is 32.2. The molecule has 1 aromatic carbocycles. The highest BCUT2D eigenvalue weighted by Crippen LogP contribution is 2.18. The second-order valence-corrected chi connectivity index (χ2v) is 4.86. The molecule has 0 saturated carbocycles. The van der Waals surface area contributed by atoms with Gasteiger partial charge in [0.15, 0.2) is 0 Å². The number of nitrogens with zero attached hydrogens (tertiary/aromatic N) is 1. The number of rotatable bonds is 6. The fraction of sp³-hybridized carbons (Fsp3) is 0.143. The molecule has 0 saturated heterocycles. The molecule has 19 heavy (non-hydrogen) atoms. The number of thioether (sulfide) groups is 1. The first kappa shape index (κ1) is 13.4. The molecular weight excluding hydrogens is 262 g/mol. The van der Waals surface area contributed by atoms with E-state index in [1.165, 1.54) is 6.20 Å². The topological polar surface area (TPSA) is 59.4 Å². The van der Waals surface area contributed by atoms with Crippen LogP contribution in [0.1, 0.15) is 10.5 Å². The summed E-state index contributed by atoms with van der Waals surface area (Å²) >= 11 is 1.54. The van der Waals surface area contributed by atoms with Crippen molar-refractivity contribution in [3.63, 3.8) is 0 Å². The number of para-hydroxylation sites is 1. The van der Waals surface area contributed by atoms with Gasteiger partial charge in [-0.3, -0.25) is 0 Å². The van der Waals surface area contributed by atoms with Gasteiger partial charge in [0.2, 0.25) is 0 Å². The van der Waals surface area contributed by atoms with Crippen molar-refractivity contribution in [1.29, 1.82) is 0 Å². The van der Waals surface area contributed by atoms with Crippen LogP contribution in [0.2, 0.25) is 0 Å². The first-order valence-corrected chi connectivity index (χ1v) is 6.74. The number of aromatic carboxylic acids is 1. The number of hydrogen-bond acceptors (Lipinski definition) is 4. The number of carbonyl (C=O) groups is 1. The minimum absolute atomic E-state index is 0.0639. The molecule has 2 aromatic rings. The van der Waals surface area contributed by atoms with Gasteiger partial charge in [-0.1, -0.05) is 18.2 Å². The molecule has 0 atom stereocenters. The number of carboxylic acids is 1. The zero-order valence-corrected chi connectivity index (χ0v) is 11.0. The van der Waals surface area contributed by atoms with Gasteiger partial charge in [0, 0.05) is 16.8 Å². The summed E-state index contributed by atoms with van der Waals surface area (Å²) in [6.07, 6.45) is 1.50. The Labute approximate surface area is 115 Å². The molecule has 0 bridgehead atoms. The molecule has 0 aliphatic rings. The Balaban J connectivity index is 1.80. The largest absolute Gasteiger partial charge is 0.493 e. The number of benzene rings is 1. The van der Waals surface area contributed by atoms with Crippen LogP contribution in [0.25, 0.3) is 0 Å². The number of pyridine rings is 1. The molecule has 1 N–H and O–H groups in total. The third-order valence-electron chi connectivity index (χ3n) is 2.31. The van der Waals surface area contributed by atoms with Crippen LogP contribution in [-0.2, 0) is 0 Å². The zero-order valence-electron chi connectivity index (χ0n) is 10.2. The molecule has 0 aliphatic heterocycles. The van der Waals surface area contributed by atoms with Crippen LogP contribution in [-0.4, -0.2) is 28.4 Å². The summed E-state index contributed by atoms with van der Waals surface area (Å²) in [5, 5.41) is 8.83. The Kier molecular flexibility index (Phi) is 4.80. The lowest BCUT2D eigenvalue weighted by Gasteiger charge is -2.05. The fourth-order valence-electron chi connectivity index (χ4n) is 1.45. The molecule has 1 heterocycles. The van der Waals surface area contributed by atoms with Crippen LogP contribution in [0.4, 0.5) is 0 Å². The summed E-state index contributed by atoms with van der Waals surface area (Å²) in [6, 6.07) is 12.9. The smallest absolute Gasteiger partial charge is 0.354 e. The van der Waals surface area contributed by atoms with Crippen LogP contribution < -0.4 is 4.74 Å². The van der Waals surface area contributed by atoms with Gasteiger partial charge >= 0.3 is 5.97 Å². The van der Waals surface area contributed by atoms with Crippen molar-refractivity contribution < 1.29 is 14.6 Å². The van der Waals surface area contributed by atoms with E-state index < -0.39 is 5.97 Å². The monoisotopic (exact) mass is 275 g/mol. The maximum absolute atomic E-state index is 10.8. The van der Waals surface area contributed by atoms with E-state index in [0.717, 1.165) is 16.4 Å². The average molecular weight is 275 g/mol. The summed E-state index contributed by atoms with van der Waals surface area (Å²) in [5.74, 6) is 0.574. The Morgan fingerprint density at radius 3 is 2.79 bits per heavy atom. The lowest BCUT2D eigenvalue weighted by Crippen LogP contribution is -2.01. The van der Waals surface area contributed by atoms with Gasteiger partial charge in [-0.25, -0.2) is 9.78 Å². The van der Waals surface area contributed by atoms with E-state index in [0.29, 0.717) is 6.61 Å². The quantitative estimate of drug-likeness (QED) is 0.648. The third-order valence-corrected chi connectivity index (χ3v) is 3.27. The van der Waals surface area contributed by atoms with Crippen LogP contribution in [0.5, 0.6) is 5.75 Å². The number of carboxylic acid groups (broad SMARTS) is 1. The van der Waals surface area contributed by atoms with Crippen molar-refractivity contribution in [1.82, 2.24) is 4.98 Å². The van der Waals surface area contributed by atoms with Gasteiger partial charge in [-0.05, 0) is 24.3 Å². The lowest BCUT2D eigenvalue weighted by atomic mass is 10.3. The van der Waals surface area contributed by atoms with Gasteiger partial charge in [-0.15, -0.1) is 11.8 Å². The van der Waals surface area contributed by atoms with E-state index in [9.17, 15) is 4.79 Å². The van der Waals surface area contributed by atoms with E-state index in [-0.39, 0.29) is 5.69 Å². The van der Waals surface area contributed by atoms with E-state index in [2.05, 4.69) is 4.98 Å². The minimum atomic E-state index is -1.01. The fourth-order valence-corrected chi connectivity index (χ4v) is 2.21. The summed E-state index contributed by atoms with van der Waals surface area (Å²) < 4.78 is 5.55. The summed E-state index contributed by atoms with van der Waals surface area (Å²) in [6.45, 7) is 0.569. The third kappa shape index (κ3) is 4.30. The molecule has 5 heteroatoms. The summed E-state index contributed by atoms with van der Waals surface area (Å²) in [4.78, 5) is 15.4. The Morgan fingerprint density at radius 2 is 2.05 bits per heavy atom. The Bertz CT molecular complexity index is 545. The average Bonchev–Trinajstić information content (AvgIpc) is 2.45. The van der Waals surface area contributed by atoms with Gasteiger partial charge in [0.1, 0.15) is 11.4 Å². The molecular formula is C14H13NO3S. The SMILES string of the molecule is O=C(O)c1cc(SCCOc2ccccc2)ccn1. The predicted octanol–water partition coefficient (Wildman–Crippen LogP) is 2.95. The lowest BCUT2D eigenvalue weighted by molar-refractivity contribution is 0.0690. The number of hydrogen-bond donors (Lipinski definition) is 1. The van der Waals surface area contributed by atoms with Crippen molar-refractivity contribution in [3.8, 4) is 5.75 Å². The first-order chi connectivity index (χ1) is 9.25. The van der Waals surface area contributed by atoms with Gasteiger partial charge in [0.05, 0.1) is 6.61 Å².